The van der Waals surface area contributed by atoms with E-state index in [0.29, 0.717) is 22.8 Å². The van der Waals surface area contributed by atoms with Crippen molar-refractivity contribution in [2.45, 2.75) is 12.8 Å². The molecule has 0 N–H and O–H groups in total. The lowest BCUT2D eigenvalue weighted by molar-refractivity contribution is -0.117. The van der Waals surface area contributed by atoms with Crippen LogP contribution in [0.3, 0.4) is 0 Å². The molecule has 2 aromatic carbocycles. The van der Waals surface area contributed by atoms with E-state index in [2.05, 4.69) is 0 Å². The molecule has 5 nitrogen and oxygen atoms in total. The summed E-state index contributed by atoms with van der Waals surface area (Å²) in [6.45, 7) is 1.06. The Morgan fingerprint density at radius 2 is 1.84 bits per heavy atom. The molecule has 0 radical (unpaired) electrons. The molecular formula is C19H18ClNO4. The first-order valence-corrected chi connectivity index (χ1v) is 8.48. The van der Waals surface area contributed by atoms with E-state index in [9.17, 15) is 9.59 Å². The average molecular weight is 360 g/mol. The summed E-state index contributed by atoms with van der Waals surface area (Å²) in [5, 5.41) is 0.515. The van der Waals surface area contributed by atoms with Crippen molar-refractivity contribution in [1.82, 2.24) is 0 Å². The largest absolute Gasteiger partial charge is 0.488 e. The fourth-order valence-corrected chi connectivity index (χ4v) is 2.82. The second-order valence-corrected chi connectivity index (χ2v) is 6.02. The number of anilines is 1. The number of para-hydroxylation sites is 1. The van der Waals surface area contributed by atoms with Crippen LogP contribution in [0.1, 0.15) is 23.2 Å². The van der Waals surface area contributed by atoms with Gasteiger partial charge in [-0.25, -0.2) is 4.79 Å². The second kappa shape index (κ2) is 8.03. The van der Waals surface area contributed by atoms with E-state index in [1.54, 1.807) is 41.3 Å². The number of carbonyl (C=O) groups is 2. The van der Waals surface area contributed by atoms with Gasteiger partial charge < -0.3 is 14.4 Å². The van der Waals surface area contributed by atoms with Gasteiger partial charge in [0.15, 0.2) is 0 Å². The minimum atomic E-state index is -0.429. The molecule has 130 valence electrons. The molecule has 1 fully saturated rings. The first kappa shape index (κ1) is 17.3. The first-order chi connectivity index (χ1) is 12.1. The third-order valence-corrected chi connectivity index (χ3v) is 4.21. The number of nitrogens with zero attached hydrogens (tertiary/aromatic N) is 1. The Kier molecular flexibility index (Phi) is 5.56. The molecule has 1 aliphatic rings. The zero-order valence-corrected chi connectivity index (χ0v) is 14.4. The van der Waals surface area contributed by atoms with Gasteiger partial charge in [-0.1, -0.05) is 23.7 Å². The summed E-state index contributed by atoms with van der Waals surface area (Å²) in [6.07, 6.45) is 1.45. The highest BCUT2D eigenvalue weighted by Gasteiger charge is 2.21. The number of amides is 1. The van der Waals surface area contributed by atoms with Crippen molar-refractivity contribution in [3.8, 4) is 5.75 Å². The van der Waals surface area contributed by atoms with Gasteiger partial charge in [0, 0.05) is 18.7 Å². The molecule has 3 rings (SSSR count). The molecule has 0 spiro atoms. The predicted molar refractivity (Wildman–Crippen MR) is 95.3 cm³/mol. The molecular weight excluding hydrogens is 342 g/mol. The van der Waals surface area contributed by atoms with Gasteiger partial charge in [-0.15, -0.1) is 0 Å². The summed E-state index contributed by atoms with van der Waals surface area (Å²) in [7, 11) is 0. The molecule has 1 amide bonds. The molecule has 1 saturated heterocycles. The maximum absolute atomic E-state index is 12.0. The smallest absolute Gasteiger partial charge is 0.338 e. The standard InChI is InChI=1S/C19H18ClNO4/c20-16-4-1-2-5-17(16)24-12-13-25-19(23)14-7-9-15(10-8-14)21-11-3-6-18(21)22/h1-2,4-5,7-10H,3,6,11-13H2. The fourth-order valence-electron chi connectivity index (χ4n) is 2.63. The third kappa shape index (κ3) is 4.31. The van der Waals surface area contributed by atoms with Gasteiger partial charge in [-0.2, -0.15) is 0 Å². The van der Waals surface area contributed by atoms with Crippen LogP contribution in [-0.2, 0) is 9.53 Å². The molecule has 25 heavy (non-hydrogen) atoms. The van der Waals surface area contributed by atoms with E-state index < -0.39 is 5.97 Å². The van der Waals surface area contributed by atoms with Crippen molar-refractivity contribution in [2.24, 2.45) is 0 Å². The SMILES string of the molecule is O=C(OCCOc1ccccc1Cl)c1ccc(N2CCCC2=O)cc1. The fraction of sp³-hybridized carbons (Fsp3) is 0.263. The highest BCUT2D eigenvalue weighted by Crippen LogP contribution is 2.23. The van der Waals surface area contributed by atoms with Crippen LogP contribution in [0.15, 0.2) is 48.5 Å². The lowest BCUT2D eigenvalue weighted by Gasteiger charge is -2.15. The summed E-state index contributed by atoms with van der Waals surface area (Å²) in [4.78, 5) is 25.5. The van der Waals surface area contributed by atoms with Crippen LogP contribution in [0.2, 0.25) is 5.02 Å². The number of halogens is 1. The molecule has 1 aliphatic heterocycles. The number of rotatable bonds is 6. The lowest BCUT2D eigenvalue weighted by Crippen LogP contribution is -2.23. The topological polar surface area (TPSA) is 55.8 Å². The molecule has 0 unspecified atom stereocenters. The van der Waals surface area contributed by atoms with Crippen molar-refractivity contribution >= 4 is 29.2 Å². The quantitative estimate of drug-likeness (QED) is 0.583. The first-order valence-electron chi connectivity index (χ1n) is 8.10. The molecule has 0 aromatic heterocycles. The van der Waals surface area contributed by atoms with Crippen LogP contribution >= 0.6 is 11.6 Å². The van der Waals surface area contributed by atoms with Crippen LogP contribution < -0.4 is 9.64 Å². The van der Waals surface area contributed by atoms with Crippen LogP contribution in [-0.4, -0.2) is 31.6 Å². The van der Waals surface area contributed by atoms with Crippen LogP contribution in [0, 0.1) is 0 Å². The number of ether oxygens (including phenoxy) is 2. The van der Waals surface area contributed by atoms with E-state index in [4.69, 9.17) is 21.1 Å². The molecule has 0 aliphatic carbocycles. The number of carbonyl (C=O) groups excluding carboxylic acids is 2. The van der Waals surface area contributed by atoms with Gasteiger partial charge in [-0.05, 0) is 42.8 Å². The monoisotopic (exact) mass is 359 g/mol. The number of benzene rings is 2. The van der Waals surface area contributed by atoms with Gasteiger partial charge >= 0.3 is 5.97 Å². The maximum Gasteiger partial charge on any atom is 0.338 e. The zero-order chi connectivity index (χ0) is 17.6. The van der Waals surface area contributed by atoms with Crippen molar-refractivity contribution in [3.63, 3.8) is 0 Å². The minimum absolute atomic E-state index is 0.118. The summed E-state index contributed by atoms with van der Waals surface area (Å²) < 4.78 is 10.7. The Labute approximate surface area is 151 Å². The van der Waals surface area contributed by atoms with Crippen LogP contribution in [0.5, 0.6) is 5.75 Å². The van der Waals surface area contributed by atoms with Gasteiger partial charge in [0.1, 0.15) is 19.0 Å². The normalized spacial score (nSPS) is 13.8. The van der Waals surface area contributed by atoms with Crippen molar-refractivity contribution < 1.29 is 19.1 Å². The Morgan fingerprint density at radius 1 is 1.08 bits per heavy atom. The van der Waals surface area contributed by atoms with E-state index in [0.717, 1.165) is 18.7 Å². The molecule has 0 atom stereocenters. The Balaban J connectivity index is 1.48. The average Bonchev–Trinajstić information content (AvgIpc) is 3.06. The second-order valence-electron chi connectivity index (χ2n) is 5.61. The summed E-state index contributed by atoms with van der Waals surface area (Å²) >= 11 is 5.98. The van der Waals surface area contributed by atoms with Gasteiger partial charge in [-0.3, -0.25) is 4.79 Å². The van der Waals surface area contributed by atoms with E-state index in [1.165, 1.54) is 0 Å². The van der Waals surface area contributed by atoms with E-state index in [1.807, 2.05) is 12.1 Å². The summed E-state index contributed by atoms with van der Waals surface area (Å²) in [5.74, 6) is 0.244. The number of hydrogen-bond acceptors (Lipinski definition) is 4. The number of esters is 1. The third-order valence-electron chi connectivity index (χ3n) is 3.90. The summed E-state index contributed by atoms with van der Waals surface area (Å²) in [5.41, 5.74) is 1.24. The van der Waals surface area contributed by atoms with Crippen LogP contribution in [0.4, 0.5) is 5.69 Å². The number of hydrogen-bond donors (Lipinski definition) is 0. The van der Waals surface area contributed by atoms with Crippen molar-refractivity contribution in [2.75, 3.05) is 24.7 Å². The van der Waals surface area contributed by atoms with Gasteiger partial charge in [0.05, 0.1) is 10.6 Å². The minimum Gasteiger partial charge on any atom is -0.488 e. The van der Waals surface area contributed by atoms with Gasteiger partial charge in [0.25, 0.3) is 0 Å². The molecule has 0 saturated carbocycles. The zero-order valence-electron chi connectivity index (χ0n) is 13.6. The van der Waals surface area contributed by atoms with E-state index >= 15 is 0 Å². The molecule has 0 bridgehead atoms. The van der Waals surface area contributed by atoms with E-state index in [-0.39, 0.29) is 19.1 Å². The van der Waals surface area contributed by atoms with Crippen LogP contribution in [0.25, 0.3) is 0 Å². The summed E-state index contributed by atoms with van der Waals surface area (Å²) in [6, 6.07) is 14.0. The Hall–Kier alpha value is -2.53. The van der Waals surface area contributed by atoms with Crippen molar-refractivity contribution in [3.05, 3.63) is 59.1 Å². The Bertz CT molecular complexity index is 760. The molecule has 2 aromatic rings. The highest BCUT2D eigenvalue weighted by atomic mass is 35.5. The molecule has 6 heteroatoms. The van der Waals surface area contributed by atoms with Crippen molar-refractivity contribution in [1.29, 1.82) is 0 Å². The maximum atomic E-state index is 12.0. The highest BCUT2D eigenvalue weighted by molar-refractivity contribution is 6.32. The lowest BCUT2D eigenvalue weighted by atomic mass is 10.2. The predicted octanol–water partition coefficient (Wildman–Crippen LogP) is 3.70. The molecule has 1 heterocycles. The van der Waals surface area contributed by atoms with Gasteiger partial charge in [0.2, 0.25) is 5.91 Å². The Morgan fingerprint density at radius 3 is 2.52 bits per heavy atom.